The predicted octanol–water partition coefficient (Wildman–Crippen LogP) is 2.79. The van der Waals surface area contributed by atoms with E-state index in [0.29, 0.717) is 12.1 Å². The van der Waals surface area contributed by atoms with Gasteiger partial charge in [0.15, 0.2) is 0 Å². The summed E-state index contributed by atoms with van der Waals surface area (Å²) < 4.78 is 5.93. The van der Waals surface area contributed by atoms with E-state index in [1.54, 1.807) is 0 Å². The molecule has 5 nitrogen and oxygen atoms in total. The van der Waals surface area contributed by atoms with Gasteiger partial charge < -0.3 is 19.9 Å². The largest absolute Gasteiger partial charge is 0.490 e. The molecule has 0 radical (unpaired) electrons. The fraction of sp³-hybridized carbons (Fsp3) is 0.588. The fourth-order valence-electron chi connectivity index (χ4n) is 2.97. The van der Waals surface area contributed by atoms with Crippen molar-refractivity contribution in [3.8, 4) is 5.75 Å². The van der Waals surface area contributed by atoms with Crippen LogP contribution >= 0.6 is 0 Å². The second-order valence-electron chi connectivity index (χ2n) is 6.50. The van der Waals surface area contributed by atoms with Crippen LogP contribution in [-0.2, 0) is 0 Å². The number of likely N-dealkylation sites (tertiary alicyclic amines) is 1. The number of rotatable bonds is 4. The van der Waals surface area contributed by atoms with E-state index in [-0.39, 0.29) is 6.03 Å². The molecule has 0 bridgehead atoms. The lowest BCUT2D eigenvalue weighted by atomic mass is 10.1. The van der Waals surface area contributed by atoms with Gasteiger partial charge in [-0.25, -0.2) is 4.79 Å². The molecule has 1 heterocycles. The molecule has 2 fully saturated rings. The van der Waals surface area contributed by atoms with E-state index in [1.165, 1.54) is 12.8 Å². The molecule has 0 atom stereocenters. The Bertz CT molecular complexity index is 503. The molecule has 1 N–H and O–H groups in total. The van der Waals surface area contributed by atoms with Gasteiger partial charge in [0, 0.05) is 24.8 Å². The molecule has 2 amide bonds. The molecule has 22 heavy (non-hydrogen) atoms. The van der Waals surface area contributed by atoms with Gasteiger partial charge in [-0.15, -0.1) is 0 Å². The normalized spacial score (nSPS) is 19.3. The van der Waals surface area contributed by atoms with Crippen LogP contribution in [0.15, 0.2) is 24.3 Å². The lowest BCUT2D eigenvalue weighted by Gasteiger charge is -2.42. The Hall–Kier alpha value is -1.75. The zero-order chi connectivity index (χ0) is 15.5. The van der Waals surface area contributed by atoms with Crippen molar-refractivity contribution >= 4 is 11.7 Å². The van der Waals surface area contributed by atoms with E-state index in [0.717, 1.165) is 37.4 Å². The number of carbonyl (C=O) groups excluding carboxylic acids is 1. The average molecular weight is 303 g/mol. The highest BCUT2D eigenvalue weighted by atomic mass is 16.5. The molecule has 1 aromatic carbocycles. The summed E-state index contributed by atoms with van der Waals surface area (Å²) in [5.74, 6) is 0.890. The van der Waals surface area contributed by atoms with Gasteiger partial charge in [0.05, 0.1) is 6.10 Å². The van der Waals surface area contributed by atoms with Gasteiger partial charge in [0.25, 0.3) is 0 Å². The zero-order valence-corrected chi connectivity index (χ0v) is 13.4. The van der Waals surface area contributed by atoms with Crippen LogP contribution in [0.1, 0.15) is 25.7 Å². The first kappa shape index (κ1) is 15.2. The van der Waals surface area contributed by atoms with Crippen molar-refractivity contribution in [2.45, 2.75) is 37.8 Å². The van der Waals surface area contributed by atoms with E-state index in [1.807, 2.05) is 43.3 Å². The number of amides is 2. The van der Waals surface area contributed by atoms with Crippen LogP contribution < -0.4 is 10.1 Å². The van der Waals surface area contributed by atoms with Gasteiger partial charge in [-0.05, 0) is 64.0 Å². The molecule has 2 aliphatic rings. The Morgan fingerprint density at radius 3 is 2.41 bits per heavy atom. The standard InChI is InChI=1S/C17H25N3O2/c1-19(2)14-11-20(12-14)17(21)18-13-7-9-16(10-8-13)22-15-5-3-4-6-15/h7-10,14-15H,3-6,11-12H2,1-2H3,(H,18,21). The summed E-state index contributed by atoms with van der Waals surface area (Å²) in [4.78, 5) is 16.1. The first-order valence-corrected chi connectivity index (χ1v) is 8.11. The molecule has 0 aromatic heterocycles. The highest BCUT2D eigenvalue weighted by molar-refractivity contribution is 5.90. The van der Waals surface area contributed by atoms with E-state index in [9.17, 15) is 4.79 Å². The van der Waals surface area contributed by atoms with Crippen molar-refractivity contribution in [3.63, 3.8) is 0 Å². The summed E-state index contributed by atoms with van der Waals surface area (Å²) in [7, 11) is 4.09. The van der Waals surface area contributed by atoms with Crippen molar-refractivity contribution in [1.29, 1.82) is 0 Å². The minimum Gasteiger partial charge on any atom is -0.490 e. The van der Waals surface area contributed by atoms with Crippen LogP contribution in [0.5, 0.6) is 5.75 Å². The topological polar surface area (TPSA) is 44.8 Å². The van der Waals surface area contributed by atoms with Crippen molar-refractivity contribution < 1.29 is 9.53 Å². The first-order valence-electron chi connectivity index (χ1n) is 8.11. The van der Waals surface area contributed by atoms with Gasteiger partial charge in [0.1, 0.15) is 5.75 Å². The minimum atomic E-state index is -0.0254. The predicted molar refractivity (Wildman–Crippen MR) is 87.4 cm³/mol. The maximum atomic E-state index is 12.1. The number of likely N-dealkylation sites (N-methyl/N-ethyl adjacent to an activating group) is 1. The van der Waals surface area contributed by atoms with Gasteiger partial charge in [0.2, 0.25) is 0 Å². The van der Waals surface area contributed by atoms with Crippen LogP contribution in [0.4, 0.5) is 10.5 Å². The number of nitrogens with zero attached hydrogens (tertiary/aromatic N) is 2. The second kappa shape index (κ2) is 6.57. The monoisotopic (exact) mass is 303 g/mol. The summed E-state index contributed by atoms with van der Waals surface area (Å²) in [6.45, 7) is 1.59. The third kappa shape index (κ3) is 3.53. The number of ether oxygens (including phenoxy) is 1. The fourth-order valence-corrected chi connectivity index (χ4v) is 2.97. The van der Waals surface area contributed by atoms with Crippen LogP contribution in [0, 0.1) is 0 Å². The highest BCUT2D eigenvalue weighted by Gasteiger charge is 2.31. The SMILES string of the molecule is CN(C)C1CN(C(=O)Nc2ccc(OC3CCCC3)cc2)C1. The molecule has 1 aliphatic carbocycles. The molecule has 5 heteroatoms. The quantitative estimate of drug-likeness (QED) is 0.930. The molecule has 0 spiro atoms. The molecule has 0 unspecified atom stereocenters. The smallest absolute Gasteiger partial charge is 0.321 e. The number of anilines is 1. The number of hydrogen-bond acceptors (Lipinski definition) is 3. The average Bonchev–Trinajstić information content (AvgIpc) is 2.91. The highest BCUT2D eigenvalue weighted by Crippen LogP contribution is 2.25. The maximum Gasteiger partial charge on any atom is 0.321 e. The van der Waals surface area contributed by atoms with Gasteiger partial charge in [-0.1, -0.05) is 0 Å². The number of urea groups is 1. The van der Waals surface area contributed by atoms with E-state index in [2.05, 4.69) is 10.2 Å². The summed E-state index contributed by atoms with van der Waals surface area (Å²) in [5, 5.41) is 2.94. The summed E-state index contributed by atoms with van der Waals surface area (Å²) in [6, 6.07) is 8.14. The van der Waals surface area contributed by atoms with Gasteiger partial charge in [-0.3, -0.25) is 0 Å². The third-order valence-electron chi connectivity index (χ3n) is 4.59. The van der Waals surface area contributed by atoms with Gasteiger partial charge in [-0.2, -0.15) is 0 Å². The lowest BCUT2D eigenvalue weighted by Crippen LogP contribution is -2.60. The Morgan fingerprint density at radius 1 is 1.18 bits per heavy atom. The van der Waals surface area contributed by atoms with Crippen molar-refractivity contribution in [2.24, 2.45) is 0 Å². The van der Waals surface area contributed by atoms with E-state index >= 15 is 0 Å². The van der Waals surface area contributed by atoms with Crippen LogP contribution in [-0.4, -0.2) is 55.2 Å². The molecule has 120 valence electrons. The van der Waals surface area contributed by atoms with Crippen LogP contribution in [0.25, 0.3) is 0 Å². The van der Waals surface area contributed by atoms with Crippen LogP contribution in [0.3, 0.4) is 0 Å². The van der Waals surface area contributed by atoms with Crippen molar-refractivity contribution in [3.05, 3.63) is 24.3 Å². The zero-order valence-electron chi connectivity index (χ0n) is 13.4. The van der Waals surface area contributed by atoms with Crippen LogP contribution in [0.2, 0.25) is 0 Å². The summed E-state index contributed by atoms with van der Waals surface area (Å²) in [6.07, 6.45) is 5.20. The Labute approximate surface area is 132 Å². The molecule has 1 aliphatic heterocycles. The molecular weight excluding hydrogens is 278 g/mol. The molecule has 1 saturated carbocycles. The summed E-state index contributed by atoms with van der Waals surface area (Å²) >= 11 is 0. The van der Waals surface area contributed by atoms with E-state index in [4.69, 9.17) is 4.74 Å². The Kier molecular flexibility index (Phi) is 4.52. The Balaban J connectivity index is 1.47. The third-order valence-corrected chi connectivity index (χ3v) is 4.59. The summed E-state index contributed by atoms with van der Waals surface area (Å²) in [5.41, 5.74) is 0.817. The lowest BCUT2D eigenvalue weighted by molar-refractivity contribution is 0.0942. The first-order chi connectivity index (χ1) is 10.6. The molecule has 3 rings (SSSR count). The maximum absolute atomic E-state index is 12.1. The van der Waals surface area contributed by atoms with Gasteiger partial charge >= 0.3 is 6.03 Å². The Morgan fingerprint density at radius 2 is 1.82 bits per heavy atom. The molecule has 1 aromatic rings. The van der Waals surface area contributed by atoms with E-state index < -0.39 is 0 Å². The molecular formula is C17H25N3O2. The number of hydrogen-bond donors (Lipinski definition) is 1. The van der Waals surface area contributed by atoms with Crippen molar-refractivity contribution in [1.82, 2.24) is 9.80 Å². The second-order valence-corrected chi connectivity index (χ2v) is 6.50. The van der Waals surface area contributed by atoms with Crippen molar-refractivity contribution in [2.75, 3.05) is 32.5 Å². The molecule has 1 saturated heterocycles. The number of carbonyl (C=O) groups is 1. The minimum absolute atomic E-state index is 0.0254. The number of benzene rings is 1. The number of nitrogens with one attached hydrogen (secondary N) is 1.